The number of carbonyl (C=O) groups is 1. The molecule has 1 N–H and O–H groups in total. The summed E-state index contributed by atoms with van der Waals surface area (Å²) in [5, 5.41) is 7.05. The molecule has 2 aliphatic heterocycles. The van der Waals surface area contributed by atoms with Crippen LogP contribution in [0.5, 0.6) is 0 Å². The van der Waals surface area contributed by atoms with Crippen molar-refractivity contribution in [1.82, 2.24) is 19.8 Å². The smallest absolute Gasteiger partial charge is 0.244 e. The van der Waals surface area contributed by atoms with Crippen molar-refractivity contribution in [2.24, 2.45) is 5.92 Å². The maximum Gasteiger partial charge on any atom is 0.244 e. The van der Waals surface area contributed by atoms with Gasteiger partial charge in [0.2, 0.25) is 27.6 Å². The average Bonchev–Trinajstić information content (AvgIpc) is 3.52. The van der Waals surface area contributed by atoms with Crippen molar-refractivity contribution in [3.63, 3.8) is 0 Å². The maximum atomic E-state index is 13.3. The topological polar surface area (TPSA) is 115 Å². The molecule has 0 bridgehead atoms. The van der Waals surface area contributed by atoms with Crippen molar-refractivity contribution < 1.29 is 22.5 Å². The number of nitrogens with one attached hydrogen (secondary N) is 1. The minimum absolute atomic E-state index is 0.00378. The van der Waals surface area contributed by atoms with E-state index < -0.39 is 10.0 Å². The van der Waals surface area contributed by atoms with Crippen LogP contribution in [0.2, 0.25) is 0 Å². The van der Waals surface area contributed by atoms with Gasteiger partial charge < -0.3 is 14.6 Å². The van der Waals surface area contributed by atoms with E-state index in [1.54, 1.807) is 13.0 Å². The van der Waals surface area contributed by atoms with Crippen molar-refractivity contribution in [3.05, 3.63) is 16.8 Å². The second-order valence-electron chi connectivity index (χ2n) is 9.17. The number of sulfonamides is 1. The van der Waals surface area contributed by atoms with Crippen LogP contribution in [0.3, 0.4) is 0 Å². The van der Waals surface area contributed by atoms with Gasteiger partial charge in [-0.25, -0.2) is 8.42 Å². The van der Waals surface area contributed by atoms with Crippen LogP contribution in [0.1, 0.15) is 61.6 Å². The number of amides is 1. The van der Waals surface area contributed by atoms with Crippen molar-refractivity contribution in [2.75, 3.05) is 26.2 Å². The number of rotatable bonds is 7. The predicted molar refractivity (Wildman–Crippen MR) is 122 cm³/mol. The molecule has 180 valence electrons. The van der Waals surface area contributed by atoms with Crippen molar-refractivity contribution in [1.29, 1.82) is 0 Å². The number of hydrogen-bond donors (Lipinski definition) is 1. The molecule has 9 nitrogen and oxygen atoms in total. The molecule has 0 radical (unpaired) electrons. The molecule has 33 heavy (non-hydrogen) atoms. The molecule has 2 aromatic rings. The molecule has 0 aromatic carbocycles. The third-order valence-electron chi connectivity index (χ3n) is 6.96. The molecule has 5 rings (SSSR count). The zero-order valence-corrected chi connectivity index (χ0v) is 20.4. The van der Waals surface area contributed by atoms with Gasteiger partial charge in [-0.3, -0.25) is 4.79 Å². The number of ether oxygens (including phenoxy) is 1. The first kappa shape index (κ1) is 22.9. The van der Waals surface area contributed by atoms with Crippen LogP contribution in [0.15, 0.2) is 15.5 Å². The van der Waals surface area contributed by atoms with Gasteiger partial charge >= 0.3 is 0 Å². The largest absolute Gasteiger partial charge is 0.376 e. The van der Waals surface area contributed by atoms with Gasteiger partial charge in [0.15, 0.2) is 0 Å². The van der Waals surface area contributed by atoms with Gasteiger partial charge in [0.05, 0.1) is 15.9 Å². The molecular weight excluding hydrogens is 464 g/mol. The van der Waals surface area contributed by atoms with E-state index in [1.165, 1.54) is 22.1 Å². The molecule has 3 fully saturated rings. The van der Waals surface area contributed by atoms with Gasteiger partial charge in [-0.2, -0.15) is 9.29 Å². The lowest BCUT2D eigenvalue weighted by Crippen LogP contribution is -2.44. The van der Waals surface area contributed by atoms with Gasteiger partial charge in [0.1, 0.15) is 0 Å². The van der Waals surface area contributed by atoms with Gasteiger partial charge in [0, 0.05) is 43.0 Å². The van der Waals surface area contributed by atoms with Crippen LogP contribution < -0.4 is 5.32 Å². The summed E-state index contributed by atoms with van der Waals surface area (Å²) in [6.07, 6.45) is 6.45. The van der Waals surface area contributed by atoms with E-state index in [2.05, 4.69) is 15.5 Å². The number of piperidine rings is 1. The minimum atomic E-state index is -3.65. The third kappa shape index (κ3) is 4.73. The third-order valence-corrected chi connectivity index (χ3v) is 10.2. The Bertz CT molecular complexity index is 1090. The molecular formula is C22H30N4O5S2. The lowest BCUT2D eigenvalue weighted by molar-refractivity contribution is -0.126. The monoisotopic (exact) mass is 494 g/mol. The SMILES string of the molecule is Cc1sc(-c2noc(C3CCC3)n2)cc1S(=O)(=O)N1CCC(C(=O)NC[C@H]2CCCO2)CC1. The molecule has 2 aromatic heterocycles. The number of carbonyl (C=O) groups excluding carboxylic acids is 1. The fourth-order valence-electron chi connectivity index (χ4n) is 4.65. The summed E-state index contributed by atoms with van der Waals surface area (Å²) in [6, 6.07) is 1.66. The van der Waals surface area contributed by atoms with Gasteiger partial charge in [-0.1, -0.05) is 11.6 Å². The molecule has 2 saturated heterocycles. The summed E-state index contributed by atoms with van der Waals surface area (Å²) in [6.45, 7) is 3.76. The van der Waals surface area contributed by atoms with Crippen LogP contribution in [0.25, 0.3) is 10.7 Å². The Morgan fingerprint density at radius 3 is 2.67 bits per heavy atom. The first-order valence-electron chi connectivity index (χ1n) is 11.8. The lowest BCUT2D eigenvalue weighted by Gasteiger charge is -2.30. The van der Waals surface area contributed by atoms with Crippen molar-refractivity contribution >= 4 is 27.3 Å². The first-order valence-corrected chi connectivity index (χ1v) is 14.0. The van der Waals surface area contributed by atoms with Crippen LogP contribution in [-0.4, -0.2) is 61.1 Å². The van der Waals surface area contributed by atoms with E-state index in [1.807, 2.05) is 0 Å². The Labute approximate surface area is 197 Å². The minimum Gasteiger partial charge on any atom is -0.376 e. The second-order valence-corrected chi connectivity index (χ2v) is 12.3. The van der Waals surface area contributed by atoms with E-state index in [-0.39, 0.29) is 17.9 Å². The number of nitrogens with zero attached hydrogens (tertiary/aromatic N) is 3. The van der Waals surface area contributed by atoms with E-state index in [4.69, 9.17) is 9.26 Å². The fourth-order valence-corrected chi connectivity index (χ4v) is 7.61. The number of aryl methyl sites for hydroxylation is 1. The molecule has 4 heterocycles. The zero-order valence-electron chi connectivity index (χ0n) is 18.8. The molecule has 0 spiro atoms. The van der Waals surface area contributed by atoms with E-state index in [0.29, 0.717) is 64.8 Å². The summed E-state index contributed by atoms with van der Waals surface area (Å²) in [5.41, 5.74) is 0. The molecule has 1 saturated carbocycles. The lowest BCUT2D eigenvalue weighted by atomic mass is 9.85. The van der Waals surface area contributed by atoms with E-state index in [9.17, 15) is 13.2 Å². The molecule has 3 aliphatic rings. The van der Waals surface area contributed by atoms with Gasteiger partial charge in [-0.05, 0) is 51.5 Å². The normalized spacial score (nSPS) is 23.0. The predicted octanol–water partition coefficient (Wildman–Crippen LogP) is 3.07. The van der Waals surface area contributed by atoms with Crippen LogP contribution in [0, 0.1) is 12.8 Å². The van der Waals surface area contributed by atoms with Crippen molar-refractivity contribution in [3.8, 4) is 10.7 Å². The average molecular weight is 495 g/mol. The van der Waals surface area contributed by atoms with Crippen LogP contribution in [0.4, 0.5) is 0 Å². The molecule has 1 aliphatic carbocycles. The van der Waals surface area contributed by atoms with Gasteiger partial charge in [-0.15, -0.1) is 11.3 Å². The molecule has 1 atom stereocenters. The standard InChI is InChI=1S/C22H30N4O5S2/c1-14-19(12-18(32-14)20-24-22(31-25-20)16-4-2-5-16)33(28,29)26-9-7-15(8-10-26)21(27)23-13-17-6-3-11-30-17/h12,15-17H,2-11,13H2,1H3,(H,23,27)/t17-/m1/s1. The van der Waals surface area contributed by atoms with Crippen molar-refractivity contribution in [2.45, 2.75) is 68.8 Å². The number of aromatic nitrogens is 2. The fraction of sp³-hybridized carbons (Fsp3) is 0.682. The Balaban J connectivity index is 1.21. The quantitative estimate of drug-likeness (QED) is 0.629. The number of hydrogen-bond acceptors (Lipinski definition) is 8. The van der Waals surface area contributed by atoms with Crippen LogP contribution in [-0.2, 0) is 19.6 Å². The summed E-state index contributed by atoms with van der Waals surface area (Å²) >= 11 is 1.37. The molecule has 1 amide bonds. The van der Waals surface area contributed by atoms with Crippen LogP contribution >= 0.6 is 11.3 Å². The van der Waals surface area contributed by atoms with E-state index >= 15 is 0 Å². The Morgan fingerprint density at radius 2 is 2.00 bits per heavy atom. The Kier molecular flexibility index (Phi) is 6.56. The molecule has 0 unspecified atom stereocenters. The highest BCUT2D eigenvalue weighted by Gasteiger charge is 2.34. The highest BCUT2D eigenvalue weighted by atomic mass is 32.2. The number of thiophene rings is 1. The Hall–Kier alpha value is -1.82. The first-order chi connectivity index (χ1) is 15.9. The highest BCUT2D eigenvalue weighted by molar-refractivity contribution is 7.89. The molecule has 11 heteroatoms. The highest BCUT2D eigenvalue weighted by Crippen LogP contribution is 2.38. The summed E-state index contributed by atoms with van der Waals surface area (Å²) < 4.78 is 39.1. The second kappa shape index (κ2) is 9.44. The maximum absolute atomic E-state index is 13.3. The Morgan fingerprint density at radius 1 is 1.21 bits per heavy atom. The van der Waals surface area contributed by atoms with Gasteiger partial charge in [0.25, 0.3) is 0 Å². The summed E-state index contributed by atoms with van der Waals surface area (Å²) in [5.74, 6) is 1.26. The summed E-state index contributed by atoms with van der Waals surface area (Å²) in [7, 11) is -3.65. The van der Waals surface area contributed by atoms with E-state index in [0.717, 1.165) is 32.3 Å². The zero-order chi connectivity index (χ0) is 23.0. The summed E-state index contributed by atoms with van der Waals surface area (Å²) in [4.78, 5) is 18.7.